The van der Waals surface area contributed by atoms with Crippen LogP contribution in [-0.2, 0) is 6.42 Å². The molecule has 0 saturated carbocycles. The van der Waals surface area contributed by atoms with Gasteiger partial charge in [0.05, 0.1) is 11.9 Å². The van der Waals surface area contributed by atoms with E-state index in [4.69, 9.17) is 0 Å². The van der Waals surface area contributed by atoms with E-state index in [0.29, 0.717) is 12.2 Å². The molecular weight excluding hydrogens is 312 g/mol. The maximum atomic E-state index is 12.2. The van der Waals surface area contributed by atoms with E-state index >= 15 is 0 Å². The molecular formula is C20H26N4O. The molecule has 1 saturated heterocycles. The van der Waals surface area contributed by atoms with Crippen molar-refractivity contribution in [3.05, 3.63) is 59.9 Å². The minimum Gasteiger partial charge on any atom is -0.368 e. The highest BCUT2D eigenvalue weighted by Crippen LogP contribution is 2.15. The van der Waals surface area contributed by atoms with Crippen molar-refractivity contribution in [2.24, 2.45) is 0 Å². The summed E-state index contributed by atoms with van der Waals surface area (Å²) < 4.78 is 0. The molecule has 1 fully saturated rings. The van der Waals surface area contributed by atoms with Gasteiger partial charge in [0.25, 0.3) is 5.91 Å². The van der Waals surface area contributed by atoms with E-state index in [-0.39, 0.29) is 5.91 Å². The predicted octanol–water partition coefficient (Wildman–Crippen LogP) is 2.20. The fourth-order valence-electron chi connectivity index (χ4n) is 3.09. The number of hydrogen-bond donors (Lipinski definition) is 1. The van der Waals surface area contributed by atoms with Crippen LogP contribution in [-0.4, -0.2) is 55.1 Å². The Kier molecular flexibility index (Phi) is 6.01. The molecule has 2 aromatic rings. The highest BCUT2D eigenvalue weighted by molar-refractivity contribution is 5.92. The molecule has 5 nitrogen and oxygen atoms in total. The zero-order chi connectivity index (χ0) is 17.5. The molecule has 25 heavy (non-hydrogen) atoms. The molecule has 0 atom stereocenters. The quantitative estimate of drug-likeness (QED) is 0.877. The summed E-state index contributed by atoms with van der Waals surface area (Å²) in [5, 5.41) is 2.94. The molecule has 132 valence electrons. The molecule has 5 heteroatoms. The second kappa shape index (κ2) is 8.62. The Labute approximate surface area is 149 Å². The number of nitrogens with zero attached hydrogens (tertiary/aromatic N) is 3. The zero-order valence-corrected chi connectivity index (χ0v) is 14.8. The number of carbonyl (C=O) groups is 1. The average Bonchev–Trinajstić information content (AvgIpc) is 2.69. The zero-order valence-electron chi connectivity index (χ0n) is 14.8. The Hall–Kier alpha value is -2.40. The molecule has 1 aromatic carbocycles. The number of anilines is 1. The number of benzene rings is 1. The molecule has 0 radical (unpaired) electrons. The van der Waals surface area contributed by atoms with Gasteiger partial charge < -0.3 is 15.1 Å². The molecule has 3 rings (SSSR count). The number of aromatic nitrogens is 1. The van der Waals surface area contributed by atoms with Crippen molar-refractivity contribution in [2.45, 2.75) is 13.3 Å². The Bertz CT molecular complexity index is 664. The Morgan fingerprint density at radius 3 is 2.48 bits per heavy atom. The number of nitrogens with one attached hydrogen (secondary N) is 1. The third-order valence-electron chi connectivity index (χ3n) is 4.71. The highest BCUT2D eigenvalue weighted by Gasteiger charge is 2.16. The lowest BCUT2D eigenvalue weighted by molar-refractivity contribution is 0.0949. The van der Waals surface area contributed by atoms with Gasteiger partial charge in [0, 0.05) is 32.7 Å². The normalized spacial score (nSPS) is 15.2. The summed E-state index contributed by atoms with van der Waals surface area (Å²) in [4.78, 5) is 21.3. The lowest BCUT2D eigenvalue weighted by Crippen LogP contribution is -2.46. The third-order valence-corrected chi connectivity index (χ3v) is 4.71. The molecule has 0 unspecified atom stereocenters. The van der Waals surface area contributed by atoms with Crippen LogP contribution in [0.15, 0.2) is 48.7 Å². The molecule has 1 aliphatic heterocycles. The minimum atomic E-state index is -0.113. The molecule has 0 aliphatic carbocycles. The van der Waals surface area contributed by atoms with Crippen molar-refractivity contribution in [3.63, 3.8) is 0 Å². The number of amides is 1. The van der Waals surface area contributed by atoms with Crippen molar-refractivity contribution in [1.29, 1.82) is 0 Å². The van der Waals surface area contributed by atoms with Crippen LogP contribution < -0.4 is 10.2 Å². The maximum Gasteiger partial charge on any atom is 0.269 e. The number of likely N-dealkylation sites (N-methyl/N-ethyl adjacent to an activating group) is 1. The minimum absolute atomic E-state index is 0.113. The van der Waals surface area contributed by atoms with Crippen LogP contribution in [0.1, 0.15) is 23.0 Å². The summed E-state index contributed by atoms with van der Waals surface area (Å²) in [6.45, 7) is 8.11. The van der Waals surface area contributed by atoms with Crippen LogP contribution in [0, 0.1) is 0 Å². The second-order valence-electron chi connectivity index (χ2n) is 6.31. The molecule has 1 N–H and O–H groups in total. The van der Waals surface area contributed by atoms with E-state index in [2.05, 4.69) is 39.2 Å². The number of hydrogen-bond acceptors (Lipinski definition) is 4. The van der Waals surface area contributed by atoms with Crippen molar-refractivity contribution < 1.29 is 4.79 Å². The Balaban J connectivity index is 1.49. The van der Waals surface area contributed by atoms with Crippen molar-refractivity contribution >= 4 is 11.6 Å². The molecule has 1 aliphatic rings. The van der Waals surface area contributed by atoms with Gasteiger partial charge in [-0.05, 0) is 30.7 Å². The highest BCUT2D eigenvalue weighted by atomic mass is 16.1. The number of rotatable bonds is 6. The first-order chi connectivity index (χ1) is 12.3. The van der Waals surface area contributed by atoms with E-state index in [1.54, 1.807) is 0 Å². The van der Waals surface area contributed by atoms with Crippen LogP contribution in [0.3, 0.4) is 0 Å². The van der Waals surface area contributed by atoms with Gasteiger partial charge >= 0.3 is 0 Å². The van der Waals surface area contributed by atoms with E-state index in [1.165, 1.54) is 5.56 Å². The van der Waals surface area contributed by atoms with E-state index < -0.39 is 0 Å². The average molecular weight is 338 g/mol. The van der Waals surface area contributed by atoms with Crippen LogP contribution in [0.2, 0.25) is 0 Å². The van der Waals surface area contributed by atoms with Gasteiger partial charge in [-0.2, -0.15) is 0 Å². The lowest BCUT2D eigenvalue weighted by Gasteiger charge is -2.35. The Morgan fingerprint density at radius 1 is 1.08 bits per heavy atom. The molecule has 0 spiro atoms. The summed E-state index contributed by atoms with van der Waals surface area (Å²) in [6.07, 6.45) is 2.64. The first-order valence-corrected chi connectivity index (χ1v) is 9.01. The largest absolute Gasteiger partial charge is 0.368 e. The second-order valence-corrected chi connectivity index (χ2v) is 6.31. The van der Waals surface area contributed by atoms with Gasteiger partial charge in [-0.25, -0.2) is 4.98 Å². The van der Waals surface area contributed by atoms with Crippen LogP contribution in [0.25, 0.3) is 0 Å². The fourth-order valence-corrected chi connectivity index (χ4v) is 3.09. The van der Waals surface area contributed by atoms with Crippen molar-refractivity contribution in [2.75, 3.05) is 44.2 Å². The molecule has 1 aromatic heterocycles. The summed E-state index contributed by atoms with van der Waals surface area (Å²) in [6, 6.07) is 14.0. The summed E-state index contributed by atoms with van der Waals surface area (Å²) >= 11 is 0. The SMILES string of the molecule is CCN1CCN(c2ccc(C(=O)NCCc3ccccc3)nc2)CC1. The van der Waals surface area contributed by atoms with Gasteiger partial charge in [-0.15, -0.1) is 0 Å². The van der Waals surface area contributed by atoms with Crippen LogP contribution >= 0.6 is 0 Å². The fraction of sp³-hybridized carbons (Fsp3) is 0.400. The van der Waals surface area contributed by atoms with Gasteiger partial charge in [-0.3, -0.25) is 4.79 Å². The first kappa shape index (κ1) is 17.4. The van der Waals surface area contributed by atoms with Crippen LogP contribution in [0.4, 0.5) is 5.69 Å². The molecule has 0 bridgehead atoms. The maximum absolute atomic E-state index is 12.2. The van der Waals surface area contributed by atoms with E-state index in [1.807, 2.05) is 36.5 Å². The predicted molar refractivity (Wildman–Crippen MR) is 101 cm³/mol. The first-order valence-electron chi connectivity index (χ1n) is 9.01. The molecule has 1 amide bonds. The van der Waals surface area contributed by atoms with Crippen molar-refractivity contribution in [1.82, 2.24) is 15.2 Å². The summed E-state index contributed by atoms with van der Waals surface area (Å²) in [7, 11) is 0. The van der Waals surface area contributed by atoms with Gasteiger partial charge in [-0.1, -0.05) is 37.3 Å². The topological polar surface area (TPSA) is 48.5 Å². The Morgan fingerprint density at radius 2 is 1.84 bits per heavy atom. The third kappa shape index (κ3) is 4.79. The lowest BCUT2D eigenvalue weighted by atomic mass is 10.1. The standard InChI is InChI=1S/C20H26N4O/c1-2-23-12-14-24(15-13-23)18-8-9-19(22-16-18)20(25)21-11-10-17-6-4-3-5-7-17/h3-9,16H,2,10-15H2,1H3,(H,21,25). The number of carbonyl (C=O) groups excluding carboxylic acids is 1. The van der Waals surface area contributed by atoms with Gasteiger partial charge in [0.2, 0.25) is 0 Å². The van der Waals surface area contributed by atoms with E-state index in [9.17, 15) is 4.79 Å². The van der Waals surface area contributed by atoms with Gasteiger partial charge in [0.15, 0.2) is 0 Å². The summed E-state index contributed by atoms with van der Waals surface area (Å²) in [5.74, 6) is -0.113. The van der Waals surface area contributed by atoms with Gasteiger partial charge in [0.1, 0.15) is 5.69 Å². The molecule has 2 heterocycles. The monoisotopic (exact) mass is 338 g/mol. The number of pyridine rings is 1. The van der Waals surface area contributed by atoms with Crippen LogP contribution in [0.5, 0.6) is 0 Å². The van der Waals surface area contributed by atoms with E-state index in [0.717, 1.165) is 44.8 Å². The number of piperazine rings is 1. The smallest absolute Gasteiger partial charge is 0.269 e. The summed E-state index contributed by atoms with van der Waals surface area (Å²) in [5.41, 5.74) is 2.79. The van der Waals surface area contributed by atoms with Crippen molar-refractivity contribution in [3.8, 4) is 0 Å².